The lowest BCUT2D eigenvalue weighted by Crippen LogP contribution is -2.15. The maximum Gasteiger partial charge on any atom is 0.0552 e. The second-order valence-corrected chi connectivity index (χ2v) is 6.01. The van der Waals surface area contributed by atoms with E-state index in [4.69, 9.17) is 5.73 Å². The third kappa shape index (κ3) is 2.62. The van der Waals surface area contributed by atoms with Gasteiger partial charge in [0.25, 0.3) is 0 Å². The zero-order valence-electron chi connectivity index (χ0n) is 13.0. The van der Waals surface area contributed by atoms with Crippen LogP contribution in [0, 0.1) is 0 Å². The smallest absolute Gasteiger partial charge is 0.0552 e. The minimum atomic E-state index is -0.0889. The van der Waals surface area contributed by atoms with Crippen LogP contribution in [0.2, 0.25) is 0 Å². The number of benzene rings is 3. The summed E-state index contributed by atoms with van der Waals surface area (Å²) in [5.41, 5.74) is 12.7. The Hall–Kier alpha value is -2.58. The third-order valence-corrected chi connectivity index (χ3v) is 4.59. The Bertz CT molecular complexity index is 811. The van der Waals surface area contributed by atoms with E-state index in [0.717, 1.165) is 24.1 Å². The first-order chi connectivity index (χ1) is 11.3. The molecule has 2 heteroatoms. The van der Waals surface area contributed by atoms with Crippen LogP contribution in [-0.2, 0) is 6.42 Å². The van der Waals surface area contributed by atoms with Crippen molar-refractivity contribution < 1.29 is 0 Å². The summed E-state index contributed by atoms with van der Waals surface area (Å²) in [4.78, 5) is 2.39. The SMILES string of the molecule is NC(c1ccccc1)c1cccc(N2CCc3ccccc32)c1. The molecule has 0 amide bonds. The number of anilines is 2. The molecule has 23 heavy (non-hydrogen) atoms. The Labute approximate surface area is 137 Å². The first-order valence-corrected chi connectivity index (χ1v) is 8.09. The molecule has 0 bridgehead atoms. The molecule has 0 aromatic heterocycles. The van der Waals surface area contributed by atoms with Crippen LogP contribution in [0.4, 0.5) is 11.4 Å². The van der Waals surface area contributed by atoms with Gasteiger partial charge in [-0.1, -0.05) is 60.7 Å². The standard InChI is InChI=1S/C21H20N2/c22-21(17-8-2-1-3-9-17)18-10-6-11-19(15-18)23-14-13-16-7-4-5-12-20(16)23/h1-12,15,21H,13-14,22H2. The van der Waals surface area contributed by atoms with Gasteiger partial charge in [0.2, 0.25) is 0 Å². The van der Waals surface area contributed by atoms with Crippen molar-refractivity contribution in [2.45, 2.75) is 12.5 Å². The van der Waals surface area contributed by atoms with E-state index in [1.54, 1.807) is 0 Å². The minimum Gasteiger partial charge on any atom is -0.341 e. The molecule has 1 unspecified atom stereocenters. The summed E-state index contributed by atoms with van der Waals surface area (Å²) in [7, 11) is 0. The van der Waals surface area contributed by atoms with E-state index in [1.807, 2.05) is 18.2 Å². The van der Waals surface area contributed by atoms with E-state index >= 15 is 0 Å². The maximum atomic E-state index is 6.46. The van der Waals surface area contributed by atoms with Gasteiger partial charge < -0.3 is 10.6 Å². The highest BCUT2D eigenvalue weighted by atomic mass is 15.2. The molecule has 0 saturated heterocycles. The van der Waals surface area contributed by atoms with Gasteiger partial charge in [-0.15, -0.1) is 0 Å². The highest BCUT2D eigenvalue weighted by molar-refractivity contribution is 5.70. The normalized spacial score (nSPS) is 14.6. The number of hydrogen-bond acceptors (Lipinski definition) is 2. The number of para-hydroxylation sites is 1. The number of nitrogens with zero attached hydrogens (tertiary/aromatic N) is 1. The van der Waals surface area contributed by atoms with Gasteiger partial charge >= 0.3 is 0 Å². The van der Waals surface area contributed by atoms with Crippen molar-refractivity contribution in [3.8, 4) is 0 Å². The van der Waals surface area contributed by atoms with Gasteiger partial charge in [0.1, 0.15) is 0 Å². The summed E-state index contributed by atoms with van der Waals surface area (Å²) in [6, 6.07) is 27.4. The fraction of sp³-hybridized carbons (Fsp3) is 0.143. The molecule has 2 nitrogen and oxygen atoms in total. The summed E-state index contributed by atoms with van der Waals surface area (Å²) in [6.45, 7) is 1.03. The molecule has 1 aliphatic heterocycles. The van der Waals surface area contributed by atoms with Gasteiger partial charge in [-0.25, -0.2) is 0 Å². The lowest BCUT2D eigenvalue weighted by Gasteiger charge is -2.21. The molecule has 3 aromatic carbocycles. The average Bonchev–Trinajstić information content (AvgIpc) is 3.06. The van der Waals surface area contributed by atoms with Crippen LogP contribution < -0.4 is 10.6 Å². The minimum absolute atomic E-state index is 0.0889. The Morgan fingerprint density at radius 1 is 0.783 bits per heavy atom. The largest absolute Gasteiger partial charge is 0.341 e. The lowest BCUT2D eigenvalue weighted by atomic mass is 9.99. The Morgan fingerprint density at radius 3 is 2.39 bits per heavy atom. The zero-order valence-corrected chi connectivity index (χ0v) is 13.0. The maximum absolute atomic E-state index is 6.46. The lowest BCUT2D eigenvalue weighted by molar-refractivity contribution is 0.869. The van der Waals surface area contributed by atoms with Crippen molar-refractivity contribution in [1.82, 2.24) is 0 Å². The molecule has 4 rings (SSSR count). The van der Waals surface area contributed by atoms with Crippen molar-refractivity contribution in [2.75, 3.05) is 11.4 Å². The van der Waals surface area contributed by atoms with Gasteiger partial charge in [0, 0.05) is 17.9 Å². The van der Waals surface area contributed by atoms with E-state index in [0.29, 0.717) is 0 Å². The Balaban J connectivity index is 1.68. The predicted octanol–water partition coefficient (Wildman–Crippen LogP) is 4.43. The number of fused-ring (bicyclic) bond motifs is 1. The van der Waals surface area contributed by atoms with Crippen LogP contribution in [0.15, 0.2) is 78.9 Å². The van der Waals surface area contributed by atoms with Crippen molar-refractivity contribution in [3.05, 3.63) is 95.6 Å². The van der Waals surface area contributed by atoms with Crippen LogP contribution >= 0.6 is 0 Å². The number of hydrogen-bond donors (Lipinski definition) is 1. The van der Waals surface area contributed by atoms with Crippen molar-refractivity contribution in [3.63, 3.8) is 0 Å². The van der Waals surface area contributed by atoms with Gasteiger partial charge in [0.15, 0.2) is 0 Å². The van der Waals surface area contributed by atoms with Gasteiger partial charge in [0.05, 0.1) is 6.04 Å². The molecule has 0 saturated carbocycles. The quantitative estimate of drug-likeness (QED) is 0.775. The fourth-order valence-electron chi connectivity index (χ4n) is 3.35. The summed E-state index contributed by atoms with van der Waals surface area (Å²) in [5.74, 6) is 0. The van der Waals surface area contributed by atoms with E-state index in [9.17, 15) is 0 Å². The Kier molecular flexibility index (Phi) is 3.60. The molecule has 0 radical (unpaired) electrons. The van der Waals surface area contributed by atoms with E-state index < -0.39 is 0 Å². The van der Waals surface area contributed by atoms with Crippen molar-refractivity contribution in [2.24, 2.45) is 5.73 Å². The van der Waals surface area contributed by atoms with E-state index in [-0.39, 0.29) is 6.04 Å². The van der Waals surface area contributed by atoms with Crippen LogP contribution in [0.25, 0.3) is 0 Å². The molecule has 1 heterocycles. The van der Waals surface area contributed by atoms with Crippen LogP contribution in [-0.4, -0.2) is 6.54 Å². The van der Waals surface area contributed by atoms with Crippen molar-refractivity contribution in [1.29, 1.82) is 0 Å². The molecule has 114 valence electrons. The molecule has 0 spiro atoms. The van der Waals surface area contributed by atoms with Crippen LogP contribution in [0.5, 0.6) is 0 Å². The van der Waals surface area contributed by atoms with Gasteiger partial charge in [-0.2, -0.15) is 0 Å². The molecule has 1 atom stereocenters. The van der Waals surface area contributed by atoms with E-state index in [1.165, 1.54) is 16.9 Å². The second kappa shape index (κ2) is 5.90. The second-order valence-electron chi connectivity index (χ2n) is 6.01. The topological polar surface area (TPSA) is 29.3 Å². The first-order valence-electron chi connectivity index (χ1n) is 8.09. The van der Waals surface area contributed by atoms with E-state index in [2.05, 4.69) is 65.6 Å². The summed E-state index contributed by atoms with van der Waals surface area (Å²) < 4.78 is 0. The third-order valence-electron chi connectivity index (χ3n) is 4.59. The molecule has 3 aromatic rings. The van der Waals surface area contributed by atoms with Crippen molar-refractivity contribution >= 4 is 11.4 Å². The van der Waals surface area contributed by atoms with Crippen LogP contribution in [0.1, 0.15) is 22.7 Å². The highest BCUT2D eigenvalue weighted by Gasteiger charge is 2.20. The molecular formula is C21H20N2. The predicted molar refractivity (Wildman–Crippen MR) is 96.1 cm³/mol. The molecule has 2 N–H and O–H groups in total. The zero-order chi connectivity index (χ0) is 15.6. The first kappa shape index (κ1) is 14.0. The molecular weight excluding hydrogens is 280 g/mol. The molecule has 0 aliphatic carbocycles. The molecule has 1 aliphatic rings. The van der Waals surface area contributed by atoms with Gasteiger partial charge in [-0.3, -0.25) is 0 Å². The summed E-state index contributed by atoms with van der Waals surface area (Å²) >= 11 is 0. The average molecular weight is 300 g/mol. The Morgan fingerprint density at radius 2 is 1.52 bits per heavy atom. The van der Waals surface area contributed by atoms with Crippen LogP contribution in [0.3, 0.4) is 0 Å². The monoisotopic (exact) mass is 300 g/mol. The highest BCUT2D eigenvalue weighted by Crippen LogP contribution is 2.35. The molecule has 0 fully saturated rings. The summed E-state index contributed by atoms with van der Waals surface area (Å²) in [5, 5.41) is 0. The number of rotatable bonds is 3. The summed E-state index contributed by atoms with van der Waals surface area (Å²) in [6.07, 6.45) is 1.10. The fourth-order valence-corrected chi connectivity index (χ4v) is 3.35. The number of nitrogens with two attached hydrogens (primary N) is 1. The van der Waals surface area contributed by atoms with Gasteiger partial charge in [-0.05, 0) is 41.3 Å².